The smallest absolute Gasteiger partial charge is 0.0453 e. The molecule has 0 aromatic heterocycles. The molecule has 0 spiro atoms. The Balaban J connectivity index is 1.58. The number of hydrogen-bond donors (Lipinski definition) is 0. The van der Waals surface area contributed by atoms with Crippen LogP contribution in [-0.4, -0.2) is 43.0 Å². The van der Waals surface area contributed by atoms with Gasteiger partial charge in [-0.1, -0.05) is 23.7 Å². The second-order valence-corrected chi connectivity index (χ2v) is 8.15. The van der Waals surface area contributed by atoms with Gasteiger partial charge in [-0.2, -0.15) is 0 Å². The maximum Gasteiger partial charge on any atom is 0.0453 e. The highest BCUT2D eigenvalue weighted by Gasteiger charge is 2.43. The molecule has 3 heteroatoms. The zero-order chi connectivity index (χ0) is 15.9. The molecule has 22 heavy (non-hydrogen) atoms. The maximum absolute atomic E-state index is 6.40. The van der Waals surface area contributed by atoms with Crippen molar-refractivity contribution in [3.8, 4) is 0 Å². The summed E-state index contributed by atoms with van der Waals surface area (Å²) < 4.78 is 0. The molecule has 0 aliphatic heterocycles. The molecular formula is C19H29ClN2. The molecule has 4 atom stereocenters. The van der Waals surface area contributed by atoms with Crippen molar-refractivity contribution in [2.24, 2.45) is 11.8 Å². The van der Waals surface area contributed by atoms with Crippen LogP contribution in [0.1, 0.15) is 36.8 Å². The van der Waals surface area contributed by atoms with E-state index in [1.54, 1.807) is 0 Å². The van der Waals surface area contributed by atoms with Crippen molar-refractivity contribution in [3.05, 3.63) is 34.3 Å². The molecule has 2 aliphatic carbocycles. The van der Waals surface area contributed by atoms with Crippen LogP contribution in [0.3, 0.4) is 0 Å². The van der Waals surface area contributed by atoms with Crippen LogP contribution < -0.4 is 0 Å². The van der Waals surface area contributed by atoms with E-state index < -0.39 is 0 Å². The van der Waals surface area contributed by atoms with E-state index in [0.29, 0.717) is 0 Å². The van der Waals surface area contributed by atoms with Crippen molar-refractivity contribution in [2.75, 3.05) is 21.1 Å². The van der Waals surface area contributed by atoms with Crippen molar-refractivity contribution in [2.45, 2.75) is 51.2 Å². The fraction of sp³-hybridized carbons (Fsp3) is 0.684. The summed E-state index contributed by atoms with van der Waals surface area (Å²) in [4.78, 5) is 4.95. The molecular weight excluding hydrogens is 292 g/mol. The van der Waals surface area contributed by atoms with Crippen LogP contribution in [0.4, 0.5) is 0 Å². The second kappa shape index (κ2) is 6.51. The van der Waals surface area contributed by atoms with Gasteiger partial charge < -0.3 is 4.90 Å². The van der Waals surface area contributed by atoms with E-state index >= 15 is 0 Å². The van der Waals surface area contributed by atoms with E-state index in [0.717, 1.165) is 35.5 Å². The van der Waals surface area contributed by atoms with Crippen molar-refractivity contribution < 1.29 is 0 Å². The molecule has 0 amide bonds. The fourth-order valence-corrected chi connectivity index (χ4v) is 4.81. The lowest BCUT2D eigenvalue weighted by Gasteiger charge is -2.27. The maximum atomic E-state index is 6.40. The monoisotopic (exact) mass is 320 g/mol. The highest BCUT2D eigenvalue weighted by molar-refractivity contribution is 6.31. The summed E-state index contributed by atoms with van der Waals surface area (Å²) in [6.45, 7) is 3.07. The van der Waals surface area contributed by atoms with Crippen molar-refractivity contribution in [1.82, 2.24) is 9.80 Å². The molecule has 3 rings (SSSR count). The zero-order valence-electron chi connectivity index (χ0n) is 14.3. The first-order valence-electron chi connectivity index (χ1n) is 8.55. The zero-order valence-corrected chi connectivity index (χ0v) is 15.1. The van der Waals surface area contributed by atoms with Gasteiger partial charge in [-0.15, -0.1) is 0 Å². The van der Waals surface area contributed by atoms with Gasteiger partial charge in [0.2, 0.25) is 0 Å². The van der Waals surface area contributed by atoms with E-state index in [1.165, 1.54) is 36.8 Å². The lowest BCUT2D eigenvalue weighted by atomic mass is 10.0. The van der Waals surface area contributed by atoms with E-state index in [9.17, 15) is 0 Å². The summed E-state index contributed by atoms with van der Waals surface area (Å²) in [5, 5.41) is 0.915. The quantitative estimate of drug-likeness (QED) is 0.820. The third-order valence-electron chi connectivity index (χ3n) is 5.95. The van der Waals surface area contributed by atoms with Crippen LogP contribution in [0, 0.1) is 18.8 Å². The summed E-state index contributed by atoms with van der Waals surface area (Å²) in [7, 11) is 6.73. The minimum Gasteiger partial charge on any atom is -0.306 e. The van der Waals surface area contributed by atoms with Crippen LogP contribution >= 0.6 is 11.6 Å². The summed E-state index contributed by atoms with van der Waals surface area (Å²) in [6.07, 6.45) is 5.53. The first-order valence-corrected chi connectivity index (χ1v) is 8.93. The summed E-state index contributed by atoms with van der Waals surface area (Å²) in [6, 6.07) is 7.98. The molecule has 0 radical (unpaired) electrons. The number of aryl methyl sites for hydroxylation is 1. The van der Waals surface area contributed by atoms with Gasteiger partial charge in [-0.3, -0.25) is 4.90 Å². The largest absolute Gasteiger partial charge is 0.306 e. The van der Waals surface area contributed by atoms with Crippen molar-refractivity contribution in [1.29, 1.82) is 0 Å². The minimum absolute atomic E-state index is 0.732. The topological polar surface area (TPSA) is 6.48 Å². The van der Waals surface area contributed by atoms with Gasteiger partial charge in [0.05, 0.1) is 0 Å². The molecule has 2 nitrogen and oxygen atoms in total. The Bertz CT molecular complexity index is 514. The van der Waals surface area contributed by atoms with E-state index in [4.69, 9.17) is 11.6 Å². The third kappa shape index (κ3) is 3.34. The van der Waals surface area contributed by atoms with Gasteiger partial charge in [0, 0.05) is 23.7 Å². The summed E-state index contributed by atoms with van der Waals surface area (Å²) >= 11 is 6.40. The lowest BCUT2D eigenvalue weighted by Crippen LogP contribution is -2.31. The summed E-state index contributed by atoms with van der Waals surface area (Å²) in [5.41, 5.74) is 2.50. The minimum atomic E-state index is 0.732. The van der Waals surface area contributed by atoms with Crippen LogP contribution in [0.5, 0.6) is 0 Å². The van der Waals surface area contributed by atoms with Crippen LogP contribution in [0.2, 0.25) is 5.02 Å². The Hall–Kier alpha value is -0.570. The Labute approximate surface area is 140 Å². The number of hydrogen-bond acceptors (Lipinski definition) is 2. The number of halogens is 1. The van der Waals surface area contributed by atoms with Gasteiger partial charge >= 0.3 is 0 Å². The number of rotatable bonds is 4. The van der Waals surface area contributed by atoms with Gasteiger partial charge in [-0.05, 0) is 82.8 Å². The average Bonchev–Trinajstić information content (AvgIpc) is 3.00. The highest BCUT2D eigenvalue weighted by Crippen LogP contribution is 2.46. The molecule has 0 saturated heterocycles. The molecule has 0 N–H and O–H groups in total. The first kappa shape index (κ1) is 16.3. The standard InChI is InChI=1S/C19H29ClN2/c1-13-5-6-14(19(20)7-13)12-22(4)18-10-15-8-17(21(2)3)9-16(15)11-18/h5-7,15-18H,8-12H2,1-4H3/t15-,16+,17?,18?. The molecule has 2 fully saturated rings. The molecule has 1 aromatic carbocycles. The number of fused-ring (bicyclic) bond motifs is 1. The van der Waals surface area contributed by atoms with Gasteiger partial charge in [0.15, 0.2) is 0 Å². The fourth-order valence-electron chi connectivity index (χ4n) is 4.51. The van der Waals surface area contributed by atoms with Gasteiger partial charge in [-0.25, -0.2) is 0 Å². The third-order valence-corrected chi connectivity index (χ3v) is 6.30. The van der Waals surface area contributed by atoms with E-state index in [-0.39, 0.29) is 0 Å². The number of nitrogens with zero attached hydrogens (tertiary/aromatic N) is 2. The molecule has 2 saturated carbocycles. The summed E-state index contributed by atoms with van der Waals surface area (Å²) in [5.74, 6) is 1.88. The predicted octanol–water partition coefficient (Wildman–Crippen LogP) is 4.20. The Morgan fingerprint density at radius 1 is 1.00 bits per heavy atom. The normalized spacial score (nSPS) is 31.2. The Kier molecular flexibility index (Phi) is 4.82. The van der Waals surface area contributed by atoms with Crippen molar-refractivity contribution >= 4 is 11.6 Å². The molecule has 2 unspecified atom stereocenters. The highest BCUT2D eigenvalue weighted by atomic mass is 35.5. The van der Waals surface area contributed by atoms with Crippen LogP contribution in [-0.2, 0) is 6.54 Å². The molecule has 2 aliphatic rings. The molecule has 0 heterocycles. The number of benzene rings is 1. The van der Waals surface area contributed by atoms with Crippen LogP contribution in [0.15, 0.2) is 18.2 Å². The van der Waals surface area contributed by atoms with Gasteiger partial charge in [0.1, 0.15) is 0 Å². The SMILES string of the molecule is Cc1ccc(CN(C)C2C[C@H]3CC(N(C)C)C[C@H]3C2)c(Cl)c1. The second-order valence-electron chi connectivity index (χ2n) is 7.74. The first-order chi connectivity index (χ1) is 10.4. The average molecular weight is 321 g/mol. The molecule has 122 valence electrons. The van der Waals surface area contributed by atoms with Crippen molar-refractivity contribution in [3.63, 3.8) is 0 Å². The molecule has 0 bridgehead atoms. The van der Waals surface area contributed by atoms with Crippen LogP contribution in [0.25, 0.3) is 0 Å². The molecule has 1 aromatic rings. The lowest BCUT2D eigenvalue weighted by molar-refractivity contribution is 0.212. The van der Waals surface area contributed by atoms with E-state index in [2.05, 4.69) is 56.1 Å². The van der Waals surface area contributed by atoms with E-state index in [1.807, 2.05) is 0 Å². The Morgan fingerprint density at radius 2 is 1.59 bits per heavy atom. The van der Waals surface area contributed by atoms with Gasteiger partial charge in [0.25, 0.3) is 0 Å². The predicted molar refractivity (Wildman–Crippen MR) is 94.4 cm³/mol. The Morgan fingerprint density at radius 3 is 2.14 bits per heavy atom.